The van der Waals surface area contributed by atoms with Crippen LogP contribution in [0.5, 0.6) is 5.75 Å². The molecule has 2 aromatic heterocycles. The molecule has 1 N–H and O–H groups in total. The lowest BCUT2D eigenvalue weighted by atomic mass is 10.2. The molecule has 1 atom stereocenters. The van der Waals surface area contributed by atoms with Crippen molar-refractivity contribution < 1.29 is 17.6 Å². The van der Waals surface area contributed by atoms with Crippen molar-refractivity contribution in [1.29, 1.82) is 0 Å². The largest absolute Gasteiger partial charge is 0.497 e. The monoisotopic (exact) mass is 375 g/mol. The van der Waals surface area contributed by atoms with Crippen molar-refractivity contribution in [3.05, 3.63) is 65.9 Å². The molecule has 0 aliphatic rings. The first-order valence-electron chi connectivity index (χ1n) is 8.10. The van der Waals surface area contributed by atoms with Crippen molar-refractivity contribution in [3.8, 4) is 5.75 Å². The molecule has 8 heteroatoms. The summed E-state index contributed by atoms with van der Waals surface area (Å²) in [5, 5.41) is 4.47. The van der Waals surface area contributed by atoms with Gasteiger partial charge in [0, 0.05) is 12.2 Å². The van der Waals surface area contributed by atoms with Crippen molar-refractivity contribution in [2.45, 2.75) is 24.8 Å². The number of rotatable bonds is 7. The van der Waals surface area contributed by atoms with E-state index in [9.17, 15) is 8.42 Å². The summed E-state index contributed by atoms with van der Waals surface area (Å²) in [5.74, 6) is 1.23. The van der Waals surface area contributed by atoms with Crippen LogP contribution >= 0.6 is 0 Å². The van der Waals surface area contributed by atoms with Gasteiger partial charge >= 0.3 is 0 Å². The lowest BCUT2D eigenvalue weighted by Crippen LogP contribution is -2.32. The number of aryl methyl sites for hydroxylation is 2. The van der Waals surface area contributed by atoms with Gasteiger partial charge in [-0.3, -0.25) is 4.68 Å². The molecule has 2 heterocycles. The highest BCUT2D eigenvalue weighted by Crippen LogP contribution is 2.22. The predicted octanol–water partition coefficient (Wildman–Crippen LogP) is 2.67. The average Bonchev–Trinajstić information content (AvgIpc) is 3.25. The molecule has 0 saturated heterocycles. The van der Waals surface area contributed by atoms with Gasteiger partial charge in [-0.05, 0) is 56.3 Å². The number of hydrogen-bond acceptors (Lipinski definition) is 5. The lowest BCUT2D eigenvalue weighted by molar-refractivity contribution is 0.396. The quantitative estimate of drug-likeness (QED) is 0.686. The summed E-state index contributed by atoms with van der Waals surface area (Å²) in [7, 11) is -2.14. The molecule has 0 fully saturated rings. The van der Waals surface area contributed by atoms with Gasteiger partial charge < -0.3 is 9.15 Å². The molecule has 0 aliphatic heterocycles. The first kappa shape index (κ1) is 18.2. The van der Waals surface area contributed by atoms with E-state index < -0.39 is 10.0 Å². The molecular weight excluding hydrogens is 354 g/mol. The normalized spacial score (nSPS) is 12.9. The van der Waals surface area contributed by atoms with Crippen LogP contribution in [0.4, 0.5) is 0 Å². The Kier molecular flexibility index (Phi) is 5.15. The Morgan fingerprint density at radius 3 is 2.50 bits per heavy atom. The maximum Gasteiger partial charge on any atom is 0.240 e. The molecule has 1 aromatic carbocycles. The van der Waals surface area contributed by atoms with Crippen LogP contribution in [-0.2, 0) is 10.0 Å². The van der Waals surface area contributed by atoms with Crippen LogP contribution in [-0.4, -0.2) is 31.9 Å². The highest BCUT2D eigenvalue weighted by molar-refractivity contribution is 7.89. The van der Waals surface area contributed by atoms with E-state index in [-0.39, 0.29) is 17.5 Å². The number of nitrogens with one attached hydrogen (secondary N) is 1. The zero-order valence-electron chi connectivity index (χ0n) is 14.8. The SMILES string of the molecule is COc1ccc(S(=O)(=O)NCC(c2ccco2)n2nc(C)cc2C)cc1. The molecular formula is C18H21N3O4S. The minimum absolute atomic E-state index is 0.115. The highest BCUT2D eigenvalue weighted by Gasteiger charge is 2.23. The standard InChI is InChI=1S/C18H21N3O4S/c1-13-11-14(2)21(20-13)17(18-5-4-10-25-18)12-19-26(22,23)16-8-6-15(24-3)7-9-16/h4-11,17,19H,12H2,1-3H3. The Balaban J connectivity index is 1.84. The molecule has 0 bridgehead atoms. The Morgan fingerprint density at radius 2 is 1.96 bits per heavy atom. The van der Waals surface area contributed by atoms with E-state index in [2.05, 4.69) is 9.82 Å². The second kappa shape index (κ2) is 7.35. The van der Waals surface area contributed by atoms with Crippen molar-refractivity contribution in [3.63, 3.8) is 0 Å². The van der Waals surface area contributed by atoms with E-state index in [1.165, 1.54) is 19.2 Å². The number of sulfonamides is 1. The summed E-state index contributed by atoms with van der Waals surface area (Å²) in [4.78, 5) is 0.171. The molecule has 3 aromatic rings. The van der Waals surface area contributed by atoms with Gasteiger partial charge in [0.25, 0.3) is 0 Å². The Bertz CT molecular complexity index is 961. The summed E-state index contributed by atoms with van der Waals surface area (Å²) in [6, 6.07) is 11.4. The maximum atomic E-state index is 12.6. The van der Waals surface area contributed by atoms with Gasteiger partial charge in [-0.15, -0.1) is 0 Å². The molecule has 0 spiro atoms. The van der Waals surface area contributed by atoms with Crippen LogP contribution in [0.1, 0.15) is 23.2 Å². The first-order valence-corrected chi connectivity index (χ1v) is 9.59. The fourth-order valence-electron chi connectivity index (χ4n) is 2.78. The molecule has 0 amide bonds. The maximum absolute atomic E-state index is 12.6. The summed E-state index contributed by atoms with van der Waals surface area (Å²) in [6.07, 6.45) is 1.56. The Hall–Kier alpha value is -2.58. The van der Waals surface area contributed by atoms with E-state index >= 15 is 0 Å². The molecule has 1 unspecified atom stereocenters. The van der Waals surface area contributed by atoms with Crippen molar-refractivity contribution in [2.75, 3.05) is 13.7 Å². The smallest absolute Gasteiger partial charge is 0.240 e. The zero-order valence-corrected chi connectivity index (χ0v) is 15.7. The molecule has 26 heavy (non-hydrogen) atoms. The average molecular weight is 375 g/mol. The molecule has 0 aliphatic carbocycles. The van der Waals surface area contributed by atoms with Gasteiger partial charge in [-0.25, -0.2) is 13.1 Å². The summed E-state index contributed by atoms with van der Waals surface area (Å²) < 4.78 is 40.2. The van der Waals surface area contributed by atoms with Crippen LogP contribution in [0.3, 0.4) is 0 Å². The van der Waals surface area contributed by atoms with Gasteiger partial charge in [0.05, 0.1) is 24.0 Å². The molecule has 0 radical (unpaired) electrons. The third-order valence-corrected chi connectivity index (χ3v) is 5.49. The Labute approximate surface area is 152 Å². The van der Waals surface area contributed by atoms with Crippen LogP contribution in [0.25, 0.3) is 0 Å². The molecule has 0 saturated carbocycles. The van der Waals surface area contributed by atoms with Crippen LogP contribution < -0.4 is 9.46 Å². The van der Waals surface area contributed by atoms with Crippen LogP contribution in [0.15, 0.2) is 58.0 Å². The lowest BCUT2D eigenvalue weighted by Gasteiger charge is -2.18. The second-order valence-corrected chi connectivity index (χ2v) is 7.70. The van der Waals surface area contributed by atoms with E-state index in [4.69, 9.17) is 9.15 Å². The van der Waals surface area contributed by atoms with Crippen molar-refractivity contribution in [1.82, 2.24) is 14.5 Å². The minimum atomic E-state index is -3.67. The van der Waals surface area contributed by atoms with E-state index in [1.54, 1.807) is 29.1 Å². The van der Waals surface area contributed by atoms with Crippen LogP contribution in [0.2, 0.25) is 0 Å². The summed E-state index contributed by atoms with van der Waals surface area (Å²) >= 11 is 0. The fraction of sp³-hybridized carbons (Fsp3) is 0.278. The van der Waals surface area contributed by atoms with Gasteiger partial charge in [0.2, 0.25) is 10.0 Å². The number of benzene rings is 1. The van der Waals surface area contributed by atoms with Crippen LogP contribution in [0, 0.1) is 13.8 Å². The van der Waals surface area contributed by atoms with E-state index in [0.29, 0.717) is 11.5 Å². The molecule has 138 valence electrons. The molecule has 3 rings (SSSR count). The number of hydrogen-bond donors (Lipinski definition) is 1. The number of furan rings is 1. The summed E-state index contributed by atoms with van der Waals surface area (Å²) in [5.41, 5.74) is 1.78. The number of nitrogens with zero attached hydrogens (tertiary/aromatic N) is 2. The first-order chi connectivity index (χ1) is 12.4. The third kappa shape index (κ3) is 3.81. The summed E-state index contributed by atoms with van der Waals surface area (Å²) in [6.45, 7) is 3.93. The minimum Gasteiger partial charge on any atom is -0.497 e. The predicted molar refractivity (Wildman–Crippen MR) is 96.7 cm³/mol. The van der Waals surface area contributed by atoms with Crippen molar-refractivity contribution >= 4 is 10.0 Å². The van der Waals surface area contributed by atoms with Gasteiger partial charge in [-0.1, -0.05) is 0 Å². The highest BCUT2D eigenvalue weighted by atomic mass is 32.2. The number of aromatic nitrogens is 2. The number of ether oxygens (including phenoxy) is 1. The zero-order chi connectivity index (χ0) is 18.7. The van der Waals surface area contributed by atoms with Crippen molar-refractivity contribution in [2.24, 2.45) is 0 Å². The topological polar surface area (TPSA) is 86.4 Å². The van der Waals surface area contributed by atoms with E-state index in [0.717, 1.165) is 11.4 Å². The molecule has 7 nitrogen and oxygen atoms in total. The Morgan fingerprint density at radius 1 is 1.23 bits per heavy atom. The van der Waals surface area contributed by atoms with Gasteiger partial charge in [-0.2, -0.15) is 5.10 Å². The fourth-order valence-corrected chi connectivity index (χ4v) is 3.82. The van der Waals surface area contributed by atoms with Gasteiger partial charge in [0.1, 0.15) is 17.6 Å². The van der Waals surface area contributed by atoms with E-state index in [1.807, 2.05) is 26.0 Å². The third-order valence-electron chi connectivity index (χ3n) is 4.05. The number of methoxy groups -OCH3 is 1. The van der Waals surface area contributed by atoms with Gasteiger partial charge in [0.15, 0.2) is 0 Å². The second-order valence-electron chi connectivity index (χ2n) is 5.93.